The predicted octanol–water partition coefficient (Wildman–Crippen LogP) is 3.36. The van der Waals surface area contributed by atoms with Gasteiger partial charge in [0.1, 0.15) is 5.75 Å². The molecule has 1 aromatic carbocycles. The van der Waals surface area contributed by atoms with Crippen LogP contribution in [0.1, 0.15) is 21.6 Å². The Hall–Kier alpha value is -2.38. The highest BCUT2D eigenvalue weighted by atomic mass is 35.5. The van der Waals surface area contributed by atoms with Crippen molar-refractivity contribution in [2.24, 2.45) is 0 Å². The fourth-order valence-electron chi connectivity index (χ4n) is 3.10. The SMILES string of the molecule is CN1CCSCCOc2cc3c(cc2Cl)NC(=O)/C3=C\c2[nH]ccc2C1=O. The summed E-state index contributed by atoms with van der Waals surface area (Å²) in [6.07, 6.45) is 3.41. The van der Waals surface area contributed by atoms with Crippen LogP contribution in [0.3, 0.4) is 0 Å². The van der Waals surface area contributed by atoms with E-state index in [1.54, 1.807) is 54.2 Å². The fourth-order valence-corrected chi connectivity index (χ4v) is 4.13. The van der Waals surface area contributed by atoms with Crippen LogP contribution in [0.5, 0.6) is 5.75 Å². The molecule has 140 valence electrons. The molecule has 2 aliphatic heterocycles. The van der Waals surface area contributed by atoms with Crippen LogP contribution < -0.4 is 10.1 Å². The van der Waals surface area contributed by atoms with E-state index < -0.39 is 0 Å². The van der Waals surface area contributed by atoms with Gasteiger partial charge in [0, 0.05) is 36.9 Å². The number of H-pyrrole nitrogens is 1. The van der Waals surface area contributed by atoms with Gasteiger partial charge in [-0.2, -0.15) is 11.8 Å². The van der Waals surface area contributed by atoms with E-state index in [0.717, 1.165) is 11.5 Å². The predicted molar refractivity (Wildman–Crippen MR) is 109 cm³/mol. The van der Waals surface area contributed by atoms with Gasteiger partial charge in [-0.15, -0.1) is 0 Å². The lowest BCUT2D eigenvalue weighted by Gasteiger charge is -2.17. The van der Waals surface area contributed by atoms with Gasteiger partial charge in [-0.1, -0.05) is 11.6 Å². The largest absolute Gasteiger partial charge is 0.491 e. The first-order valence-corrected chi connectivity index (χ1v) is 10.1. The minimum absolute atomic E-state index is 0.0785. The first-order chi connectivity index (χ1) is 13.0. The van der Waals surface area contributed by atoms with Gasteiger partial charge in [0.05, 0.1) is 34.1 Å². The van der Waals surface area contributed by atoms with Crippen LogP contribution in [-0.4, -0.2) is 53.4 Å². The second-order valence-corrected chi connectivity index (χ2v) is 7.96. The number of benzene rings is 1. The molecule has 0 aliphatic carbocycles. The molecular formula is C19H18ClN3O3S. The van der Waals surface area contributed by atoms with Gasteiger partial charge >= 0.3 is 0 Å². The lowest BCUT2D eigenvalue weighted by atomic mass is 10.0. The van der Waals surface area contributed by atoms with Crippen LogP contribution in [0.25, 0.3) is 11.6 Å². The van der Waals surface area contributed by atoms with Crippen LogP contribution in [-0.2, 0) is 4.79 Å². The maximum atomic E-state index is 12.8. The third-order valence-electron chi connectivity index (χ3n) is 4.56. The summed E-state index contributed by atoms with van der Waals surface area (Å²) in [5.41, 5.74) is 2.96. The Balaban J connectivity index is 1.82. The number of thioether (sulfide) groups is 1. The van der Waals surface area contributed by atoms with E-state index in [9.17, 15) is 9.59 Å². The molecule has 2 N–H and O–H groups in total. The Morgan fingerprint density at radius 1 is 1.22 bits per heavy atom. The third kappa shape index (κ3) is 3.44. The molecule has 3 heterocycles. The second kappa shape index (κ2) is 7.32. The highest BCUT2D eigenvalue weighted by Gasteiger charge is 2.27. The fraction of sp³-hybridized carbons (Fsp3) is 0.263. The number of aromatic nitrogens is 1. The van der Waals surface area contributed by atoms with Gasteiger partial charge in [-0.3, -0.25) is 9.59 Å². The van der Waals surface area contributed by atoms with Crippen molar-refractivity contribution in [3.63, 3.8) is 0 Å². The van der Waals surface area contributed by atoms with E-state index in [1.165, 1.54) is 0 Å². The molecule has 0 unspecified atom stereocenters. The molecule has 1 aromatic heterocycles. The van der Waals surface area contributed by atoms with Gasteiger partial charge in [0.25, 0.3) is 11.8 Å². The molecule has 2 amide bonds. The quantitative estimate of drug-likeness (QED) is 0.707. The first-order valence-electron chi connectivity index (χ1n) is 8.55. The van der Waals surface area contributed by atoms with Gasteiger partial charge in [0.15, 0.2) is 0 Å². The molecule has 0 radical (unpaired) electrons. The number of rotatable bonds is 0. The Labute approximate surface area is 165 Å². The smallest absolute Gasteiger partial charge is 0.256 e. The number of fused-ring (bicyclic) bond motifs is 2. The van der Waals surface area contributed by atoms with Crippen LogP contribution in [0.4, 0.5) is 5.69 Å². The van der Waals surface area contributed by atoms with Crippen molar-refractivity contribution in [3.05, 3.63) is 46.2 Å². The number of anilines is 1. The summed E-state index contributed by atoms with van der Waals surface area (Å²) >= 11 is 8.01. The van der Waals surface area contributed by atoms with Gasteiger partial charge in [-0.25, -0.2) is 0 Å². The van der Waals surface area contributed by atoms with Gasteiger partial charge in [-0.05, 0) is 24.3 Å². The molecule has 2 aromatic rings. The standard InChI is InChI=1S/C19H18ClN3O3S/c1-23-4-6-27-7-5-26-17-9-12-13(18(24)22-16(12)10-14(17)20)8-15-11(19(23)25)2-3-21-15/h2-3,8-10,21H,4-7H2,1H3,(H,22,24)/b13-8-. The Morgan fingerprint density at radius 3 is 2.93 bits per heavy atom. The van der Waals surface area contributed by atoms with Crippen LogP contribution in [0.2, 0.25) is 5.02 Å². The summed E-state index contributed by atoms with van der Waals surface area (Å²) in [6, 6.07) is 5.22. The Bertz CT molecular complexity index is 954. The number of hydrogen-bond donors (Lipinski definition) is 2. The molecule has 0 saturated heterocycles. The maximum Gasteiger partial charge on any atom is 0.256 e. The van der Waals surface area contributed by atoms with E-state index in [0.29, 0.717) is 52.0 Å². The van der Waals surface area contributed by atoms with Crippen LogP contribution >= 0.6 is 23.4 Å². The molecular weight excluding hydrogens is 386 g/mol. The monoisotopic (exact) mass is 403 g/mol. The molecule has 2 bridgehead atoms. The first kappa shape index (κ1) is 18.0. The van der Waals surface area contributed by atoms with Gasteiger partial charge < -0.3 is 19.9 Å². The normalized spacial score (nSPS) is 19.3. The highest BCUT2D eigenvalue weighted by molar-refractivity contribution is 7.99. The molecule has 0 fully saturated rings. The molecule has 0 spiro atoms. The molecule has 0 atom stereocenters. The Morgan fingerprint density at radius 2 is 2.07 bits per heavy atom. The lowest BCUT2D eigenvalue weighted by molar-refractivity contribution is -0.110. The Kier molecular flexibility index (Phi) is 4.88. The number of aromatic amines is 1. The molecule has 4 rings (SSSR count). The number of halogens is 1. The highest BCUT2D eigenvalue weighted by Crippen LogP contribution is 2.40. The second-order valence-electron chi connectivity index (χ2n) is 6.33. The molecule has 8 heteroatoms. The minimum Gasteiger partial charge on any atom is -0.491 e. The van der Waals surface area contributed by atoms with Crippen molar-refractivity contribution in [3.8, 4) is 5.75 Å². The number of amides is 2. The number of carbonyl (C=O) groups is 2. The molecule has 2 aliphatic rings. The summed E-state index contributed by atoms with van der Waals surface area (Å²) in [6.45, 7) is 1.13. The number of nitrogens with zero attached hydrogens (tertiary/aromatic N) is 1. The summed E-state index contributed by atoms with van der Waals surface area (Å²) in [4.78, 5) is 30.0. The van der Waals surface area contributed by atoms with E-state index in [1.807, 2.05) is 0 Å². The molecule has 0 saturated carbocycles. The van der Waals surface area contributed by atoms with Crippen LogP contribution in [0, 0.1) is 0 Å². The van der Waals surface area contributed by atoms with Crippen molar-refractivity contribution in [2.45, 2.75) is 0 Å². The zero-order chi connectivity index (χ0) is 19.0. The van der Waals surface area contributed by atoms with Crippen molar-refractivity contribution in [1.82, 2.24) is 9.88 Å². The average Bonchev–Trinajstić information content (AvgIpc) is 3.21. The summed E-state index contributed by atoms with van der Waals surface area (Å²) in [7, 11) is 1.78. The zero-order valence-electron chi connectivity index (χ0n) is 14.7. The lowest BCUT2D eigenvalue weighted by Crippen LogP contribution is -2.29. The van der Waals surface area contributed by atoms with E-state index in [2.05, 4.69) is 10.3 Å². The van der Waals surface area contributed by atoms with Gasteiger partial charge in [0.2, 0.25) is 0 Å². The van der Waals surface area contributed by atoms with E-state index in [4.69, 9.17) is 16.3 Å². The summed E-state index contributed by atoms with van der Waals surface area (Å²) < 4.78 is 5.81. The van der Waals surface area contributed by atoms with E-state index >= 15 is 0 Å². The maximum absolute atomic E-state index is 12.8. The number of nitrogens with one attached hydrogen (secondary N) is 2. The van der Waals surface area contributed by atoms with Crippen molar-refractivity contribution < 1.29 is 14.3 Å². The zero-order valence-corrected chi connectivity index (χ0v) is 16.2. The number of carbonyl (C=O) groups excluding carboxylic acids is 2. The number of ether oxygens (including phenoxy) is 1. The topological polar surface area (TPSA) is 74.4 Å². The summed E-state index contributed by atoms with van der Waals surface area (Å²) in [5.74, 6) is 1.83. The minimum atomic E-state index is -0.237. The third-order valence-corrected chi connectivity index (χ3v) is 5.78. The molecule has 27 heavy (non-hydrogen) atoms. The van der Waals surface area contributed by atoms with E-state index in [-0.39, 0.29) is 11.8 Å². The summed E-state index contributed by atoms with van der Waals surface area (Å²) in [5, 5.41) is 3.28. The van der Waals surface area contributed by atoms with Crippen molar-refractivity contribution >= 4 is 52.5 Å². The number of hydrogen-bond acceptors (Lipinski definition) is 4. The van der Waals surface area contributed by atoms with Crippen molar-refractivity contribution in [1.29, 1.82) is 0 Å². The average molecular weight is 404 g/mol. The molecule has 6 nitrogen and oxygen atoms in total. The van der Waals surface area contributed by atoms with Crippen molar-refractivity contribution in [2.75, 3.05) is 37.0 Å². The van der Waals surface area contributed by atoms with Crippen LogP contribution in [0.15, 0.2) is 24.4 Å².